The van der Waals surface area contributed by atoms with Crippen LogP contribution in [-0.2, 0) is 11.0 Å². The first kappa shape index (κ1) is 19.2. The van der Waals surface area contributed by atoms with Gasteiger partial charge in [-0.1, -0.05) is 6.07 Å². The number of aromatic nitrogens is 1. The average molecular weight is 378 g/mol. The summed E-state index contributed by atoms with van der Waals surface area (Å²) in [5.74, 6) is 0.681. The molecule has 0 unspecified atom stereocenters. The minimum absolute atomic E-state index is 0.235. The smallest absolute Gasteiger partial charge is 0.354 e. The molecule has 1 aromatic heterocycles. The summed E-state index contributed by atoms with van der Waals surface area (Å²) in [7, 11) is 0. The van der Waals surface area contributed by atoms with Crippen molar-refractivity contribution in [1.29, 1.82) is 0 Å². The van der Waals surface area contributed by atoms with Gasteiger partial charge in [-0.2, -0.15) is 13.2 Å². The number of anilines is 2. The summed E-state index contributed by atoms with van der Waals surface area (Å²) in [5.41, 5.74) is -0.383. The molecule has 0 spiro atoms. The Labute approximate surface area is 155 Å². The maximum absolute atomic E-state index is 12.6. The van der Waals surface area contributed by atoms with Gasteiger partial charge in [0.2, 0.25) is 5.91 Å². The van der Waals surface area contributed by atoms with Crippen molar-refractivity contribution in [1.82, 2.24) is 9.88 Å². The van der Waals surface area contributed by atoms with Crippen molar-refractivity contribution in [2.75, 3.05) is 36.4 Å². The van der Waals surface area contributed by atoms with E-state index in [1.165, 1.54) is 12.1 Å². The van der Waals surface area contributed by atoms with Crippen LogP contribution in [0.25, 0.3) is 0 Å². The number of carbonyl (C=O) groups excluding carboxylic acids is 1. The zero-order valence-corrected chi connectivity index (χ0v) is 14.9. The lowest BCUT2D eigenvalue weighted by atomic mass is 10.1. The van der Waals surface area contributed by atoms with Crippen LogP contribution >= 0.6 is 0 Å². The van der Waals surface area contributed by atoms with Crippen molar-refractivity contribution in [3.8, 4) is 0 Å². The molecule has 1 aliphatic heterocycles. The second kappa shape index (κ2) is 7.96. The quantitative estimate of drug-likeness (QED) is 0.887. The number of amides is 1. The third-order valence-electron chi connectivity index (χ3n) is 4.69. The Morgan fingerprint density at radius 2 is 1.74 bits per heavy atom. The Kier molecular flexibility index (Phi) is 5.65. The summed E-state index contributed by atoms with van der Waals surface area (Å²) in [4.78, 5) is 21.0. The third-order valence-corrected chi connectivity index (χ3v) is 4.69. The van der Waals surface area contributed by atoms with Gasteiger partial charge in [-0.3, -0.25) is 9.69 Å². The van der Waals surface area contributed by atoms with E-state index in [4.69, 9.17) is 0 Å². The lowest BCUT2D eigenvalue weighted by Gasteiger charge is -2.37. The molecular weight excluding hydrogens is 357 g/mol. The molecule has 144 valence electrons. The van der Waals surface area contributed by atoms with E-state index in [0.717, 1.165) is 31.0 Å². The fourth-order valence-corrected chi connectivity index (χ4v) is 3.03. The fourth-order valence-electron chi connectivity index (χ4n) is 3.03. The molecule has 5 nitrogen and oxygen atoms in total. The van der Waals surface area contributed by atoms with Gasteiger partial charge < -0.3 is 10.2 Å². The van der Waals surface area contributed by atoms with Crippen LogP contribution in [0.3, 0.4) is 0 Å². The van der Waals surface area contributed by atoms with Crippen LogP contribution < -0.4 is 10.2 Å². The second-order valence-electron chi connectivity index (χ2n) is 6.45. The number of rotatable bonds is 4. The Morgan fingerprint density at radius 3 is 2.30 bits per heavy atom. The van der Waals surface area contributed by atoms with Crippen LogP contribution in [-0.4, -0.2) is 48.0 Å². The molecule has 2 heterocycles. The highest BCUT2D eigenvalue weighted by atomic mass is 19.4. The molecule has 1 N–H and O–H groups in total. The number of hydrogen-bond donors (Lipinski definition) is 1. The number of carbonyl (C=O) groups is 1. The molecule has 1 fully saturated rings. The Balaban J connectivity index is 1.54. The van der Waals surface area contributed by atoms with Crippen molar-refractivity contribution in [3.63, 3.8) is 0 Å². The molecule has 3 rings (SSSR count). The van der Waals surface area contributed by atoms with Crippen LogP contribution in [0.1, 0.15) is 12.5 Å². The van der Waals surface area contributed by atoms with Gasteiger partial charge in [0, 0.05) is 38.1 Å². The minimum Gasteiger partial charge on any atom is -0.354 e. The van der Waals surface area contributed by atoms with Crippen LogP contribution in [0, 0.1) is 0 Å². The number of nitrogens with zero attached hydrogens (tertiary/aromatic N) is 3. The summed E-state index contributed by atoms with van der Waals surface area (Å²) in [5, 5.41) is 2.69. The topological polar surface area (TPSA) is 48.5 Å². The molecule has 27 heavy (non-hydrogen) atoms. The first-order chi connectivity index (χ1) is 12.8. The van der Waals surface area contributed by atoms with Gasteiger partial charge in [-0.25, -0.2) is 4.98 Å². The minimum atomic E-state index is -4.39. The van der Waals surface area contributed by atoms with Crippen LogP contribution in [0.4, 0.5) is 24.7 Å². The van der Waals surface area contributed by atoms with Crippen LogP contribution in [0.2, 0.25) is 0 Å². The number of nitrogens with one attached hydrogen (secondary N) is 1. The second-order valence-corrected chi connectivity index (χ2v) is 6.45. The molecule has 0 bridgehead atoms. The van der Waals surface area contributed by atoms with Crippen molar-refractivity contribution >= 4 is 17.4 Å². The summed E-state index contributed by atoms with van der Waals surface area (Å²) in [6.07, 6.45) is -2.63. The lowest BCUT2D eigenvalue weighted by molar-refractivity contribution is -0.137. The van der Waals surface area contributed by atoms with E-state index < -0.39 is 11.7 Å². The maximum Gasteiger partial charge on any atom is 0.416 e. The fraction of sp³-hybridized carbons (Fsp3) is 0.368. The zero-order chi connectivity index (χ0) is 19.4. The summed E-state index contributed by atoms with van der Waals surface area (Å²) < 4.78 is 37.8. The number of hydrogen-bond acceptors (Lipinski definition) is 4. The Hall–Kier alpha value is -2.61. The van der Waals surface area contributed by atoms with Gasteiger partial charge in [-0.05, 0) is 43.3 Å². The van der Waals surface area contributed by atoms with E-state index in [1.54, 1.807) is 13.1 Å². The summed E-state index contributed by atoms with van der Waals surface area (Å²) >= 11 is 0. The Morgan fingerprint density at radius 1 is 1.07 bits per heavy atom. The molecule has 1 aliphatic rings. The zero-order valence-electron chi connectivity index (χ0n) is 14.9. The highest BCUT2D eigenvalue weighted by Crippen LogP contribution is 2.29. The first-order valence-corrected chi connectivity index (χ1v) is 8.73. The van der Waals surface area contributed by atoms with Gasteiger partial charge in [-0.15, -0.1) is 0 Å². The van der Waals surface area contributed by atoms with Crippen molar-refractivity contribution in [3.05, 3.63) is 54.2 Å². The predicted molar refractivity (Wildman–Crippen MR) is 97.6 cm³/mol. The molecule has 1 amide bonds. The molecule has 2 aromatic rings. The molecule has 8 heteroatoms. The summed E-state index contributed by atoms with van der Waals surface area (Å²) in [6, 6.07) is 9.85. The highest BCUT2D eigenvalue weighted by molar-refractivity contribution is 5.94. The largest absolute Gasteiger partial charge is 0.416 e. The number of pyridine rings is 1. The van der Waals surface area contributed by atoms with Crippen molar-refractivity contribution < 1.29 is 18.0 Å². The van der Waals surface area contributed by atoms with Crippen molar-refractivity contribution in [2.45, 2.75) is 19.1 Å². The standard InChI is InChI=1S/C19H21F3N4O/c1-14(18(27)24-16-7-5-15(6-8-16)19(20,21)22)25-10-12-26(13-11-25)17-4-2-3-9-23-17/h2-9,14H,10-13H2,1H3,(H,24,27)/t14-/m1/s1. The molecular formula is C19H21F3N4O. The van der Waals surface area contributed by atoms with Crippen LogP contribution in [0.15, 0.2) is 48.7 Å². The number of piperazine rings is 1. The molecule has 1 aromatic carbocycles. The predicted octanol–water partition coefficient (Wildman–Crippen LogP) is 3.25. The van der Waals surface area contributed by atoms with E-state index in [1.807, 2.05) is 18.2 Å². The monoisotopic (exact) mass is 378 g/mol. The van der Waals surface area contributed by atoms with Crippen molar-refractivity contribution in [2.24, 2.45) is 0 Å². The van der Waals surface area contributed by atoms with Gasteiger partial charge in [0.15, 0.2) is 0 Å². The SMILES string of the molecule is C[C@H](C(=O)Nc1ccc(C(F)(F)F)cc1)N1CCN(c2ccccn2)CC1. The lowest BCUT2D eigenvalue weighted by Crippen LogP contribution is -2.53. The maximum atomic E-state index is 12.6. The number of benzene rings is 1. The van der Waals surface area contributed by atoms with Gasteiger partial charge >= 0.3 is 6.18 Å². The summed E-state index contributed by atoms with van der Waals surface area (Å²) in [6.45, 7) is 4.73. The molecule has 0 aliphatic carbocycles. The highest BCUT2D eigenvalue weighted by Gasteiger charge is 2.30. The first-order valence-electron chi connectivity index (χ1n) is 8.73. The average Bonchev–Trinajstić information content (AvgIpc) is 2.68. The van der Waals surface area contributed by atoms with Crippen LogP contribution in [0.5, 0.6) is 0 Å². The Bertz CT molecular complexity index is 757. The van der Waals surface area contributed by atoms with Gasteiger partial charge in [0.05, 0.1) is 11.6 Å². The normalized spacial score (nSPS) is 16.8. The third kappa shape index (κ3) is 4.77. The molecule has 1 atom stereocenters. The van der Waals surface area contributed by atoms with E-state index in [9.17, 15) is 18.0 Å². The number of alkyl halides is 3. The van der Waals surface area contributed by atoms with Gasteiger partial charge in [0.1, 0.15) is 5.82 Å². The number of halogens is 3. The van der Waals surface area contributed by atoms with Gasteiger partial charge in [0.25, 0.3) is 0 Å². The van der Waals surface area contributed by atoms with E-state index in [-0.39, 0.29) is 11.9 Å². The van der Waals surface area contributed by atoms with E-state index in [0.29, 0.717) is 18.8 Å². The van der Waals surface area contributed by atoms with E-state index >= 15 is 0 Å². The molecule has 0 radical (unpaired) electrons. The van der Waals surface area contributed by atoms with E-state index in [2.05, 4.69) is 20.1 Å². The molecule has 1 saturated heterocycles. The molecule has 0 saturated carbocycles.